The molecule has 3 heterocycles. The monoisotopic (exact) mass is 868 g/mol. The Morgan fingerprint density at radius 1 is 0.754 bits per heavy atom. The van der Waals surface area contributed by atoms with Crippen molar-refractivity contribution >= 4 is 11.9 Å². The highest BCUT2D eigenvalue weighted by Crippen LogP contribution is 2.89. The highest BCUT2D eigenvalue weighted by Gasteiger charge is 2.85. The van der Waals surface area contributed by atoms with Gasteiger partial charge in [-0.3, -0.25) is 9.59 Å². The van der Waals surface area contributed by atoms with E-state index in [2.05, 4.69) is 34.6 Å². The molecule has 8 fully saturated rings. The molecule has 0 aromatic heterocycles. The van der Waals surface area contributed by atoms with Gasteiger partial charge in [0.15, 0.2) is 24.8 Å². The predicted octanol–water partition coefficient (Wildman–Crippen LogP) is 1.87. The standard InChI is InChI=1S/C45H72O16/c1-21(47)56-33-24(50)19-55-38(34(33)57-22(2)48)60-28-11-13-45-20-44(45)15-14-41(7)35(43(9)12-10-29(61-43)40(5,6)54)23(49)17-42(41,8)27(44)16-25(36(45)39(28,3)4)58-37-32(53)31(52)30(51)26(18-46)59-37/h23-38,46,49-54H,10-20H2,1-9H3/t23-,24?,25+,26?,27?,28+,29+,30?,31?,32?,33?,34?,35?,36?,37?,38+,41-,42+,43?,44+,45-/m1/s1. The Morgan fingerprint density at radius 3 is 2.05 bits per heavy atom. The van der Waals surface area contributed by atoms with Crippen LogP contribution in [0.2, 0.25) is 0 Å². The van der Waals surface area contributed by atoms with Gasteiger partial charge in [0.1, 0.15) is 30.5 Å². The molecule has 5 aliphatic carbocycles. The van der Waals surface area contributed by atoms with Crippen LogP contribution in [0, 0.1) is 44.8 Å². The van der Waals surface area contributed by atoms with E-state index in [-0.39, 0.29) is 52.1 Å². The first kappa shape index (κ1) is 46.0. The first-order chi connectivity index (χ1) is 28.3. The van der Waals surface area contributed by atoms with Crippen LogP contribution in [0.3, 0.4) is 0 Å². The largest absolute Gasteiger partial charge is 0.455 e. The molecule has 16 heteroatoms. The van der Waals surface area contributed by atoms with Crippen molar-refractivity contribution in [2.75, 3.05) is 13.2 Å². The minimum atomic E-state index is -1.63. The summed E-state index contributed by atoms with van der Waals surface area (Å²) in [7, 11) is 0. The Balaban J connectivity index is 1.15. The molecule has 2 spiro atoms. The molecule has 16 nitrogen and oxygen atoms in total. The smallest absolute Gasteiger partial charge is 0.303 e. The molecule has 7 N–H and O–H groups in total. The zero-order valence-corrected chi connectivity index (χ0v) is 37.3. The summed E-state index contributed by atoms with van der Waals surface area (Å²) in [6.07, 6.45) is -7.80. The summed E-state index contributed by atoms with van der Waals surface area (Å²) in [5.41, 5.74) is -3.46. The summed E-state index contributed by atoms with van der Waals surface area (Å²) in [6, 6.07) is 0. The third kappa shape index (κ3) is 6.89. The Kier molecular flexibility index (Phi) is 11.5. The molecule has 0 amide bonds. The van der Waals surface area contributed by atoms with Crippen molar-refractivity contribution in [3.63, 3.8) is 0 Å². The van der Waals surface area contributed by atoms with Crippen LogP contribution >= 0.6 is 0 Å². The third-order valence-corrected chi connectivity index (χ3v) is 18.2. The number of ether oxygens (including phenoxy) is 7. The lowest BCUT2D eigenvalue weighted by molar-refractivity contribution is -0.339. The molecule has 8 aliphatic rings. The average molecular weight is 869 g/mol. The van der Waals surface area contributed by atoms with Gasteiger partial charge in [-0.05, 0) is 117 Å². The molecule has 3 aliphatic heterocycles. The number of rotatable bonds is 9. The van der Waals surface area contributed by atoms with E-state index in [0.717, 1.165) is 32.1 Å². The highest BCUT2D eigenvalue weighted by atomic mass is 16.7. The fourth-order valence-electron chi connectivity index (χ4n) is 15.5. The molecule has 5 saturated carbocycles. The van der Waals surface area contributed by atoms with Crippen LogP contribution in [0.1, 0.15) is 120 Å². The summed E-state index contributed by atoms with van der Waals surface area (Å²) in [4.78, 5) is 24.5. The molecular formula is C45H72O16. The van der Waals surface area contributed by atoms with E-state index >= 15 is 0 Å². The maximum Gasteiger partial charge on any atom is 0.303 e. The van der Waals surface area contributed by atoms with Gasteiger partial charge in [-0.15, -0.1) is 0 Å². The molecule has 348 valence electrons. The van der Waals surface area contributed by atoms with Gasteiger partial charge in [0.25, 0.3) is 0 Å². The van der Waals surface area contributed by atoms with Crippen molar-refractivity contribution in [1.29, 1.82) is 0 Å². The van der Waals surface area contributed by atoms with Crippen LogP contribution in [0.5, 0.6) is 0 Å². The number of carbonyl (C=O) groups is 2. The zero-order chi connectivity index (χ0) is 44.6. The second-order valence-corrected chi connectivity index (χ2v) is 22.2. The van der Waals surface area contributed by atoms with Crippen LogP contribution in [-0.4, -0.2) is 152 Å². The Hall–Kier alpha value is -1.54. The number of hydrogen-bond donors (Lipinski definition) is 7. The molecule has 0 aromatic carbocycles. The fourth-order valence-corrected chi connectivity index (χ4v) is 15.5. The summed E-state index contributed by atoms with van der Waals surface area (Å²) in [5.74, 6) is -1.67. The lowest BCUT2D eigenvalue weighted by Gasteiger charge is -2.65. The van der Waals surface area contributed by atoms with E-state index in [4.69, 9.17) is 33.2 Å². The van der Waals surface area contributed by atoms with E-state index < -0.39 is 109 Å². The van der Waals surface area contributed by atoms with Crippen molar-refractivity contribution in [2.45, 2.75) is 211 Å². The van der Waals surface area contributed by atoms with Crippen molar-refractivity contribution in [3.05, 3.63) is 0 Å². The first-order valence-corrected chi connectivity index (χ1v) is 22.6. The van der Waals surface area contributed by atoms with Crippen molar-refractivity contribution in [2.24, 2.45) is 44.8 Å². The van der Waals surface area contributed by atoms with E-state index in [9.17, 15) is 45.3 Å². The third-order valence-electron chi connectivity index (χ3n) is 18.2. The van der Waals surface area contributed by atoms with Gasteiger partial charge in [-0.1, -0.05) is 27.7 Å². The number of fused-ring (bicyclic) bond motifs is 2. The lowest BCUT2D eigenvalue weighted by atomic mass is 9.41. The van der Waals surface area contributed by atoms with E-state index in [1.807, 2.05) is 0 Å². The Morgan fingerprint density at radius 2 is 1.43 bits per heavy atom. The van der Waals surface area contributed by atoms with Crippen molar-refractivity contribution in [1.82, 2.24) is 0 Å². The number of aliphatic hydroxyl groups is 7. The van der Waals surface area contributed by atoms with Gasteiger partial charge in [0, 0.05) is 19.8 Å². The second-order valence-electron chi connectivity index (χ2n) is 22.2. The first-order valence-electron chi connectivity index (χ1n) is 22.6. The van der Waals surface area contributed by atoms with Gasteiger partial charge in [-0.2, -0.15) is 0 Å². The molecule has 0 aromatic rings. The van der Waals surface area contributed by atoms with Crippen LogP contribution < -0.4 is 0 Å². The molecule has 8 rings (SSSR count). The molecule has 0 bridgehead atoms. The van der Waals surface area contributed by atoms with Gasteiger partial charge in [0.05, 0.1) is 48.8 Å². The van der Waals surface area contributed by atoms with Gasteiger partial charge < -0.3 is 68.9 Å². The van der Waals surface area contributed by atoms with E-state index in [0.29, 0.717) is 25.7 Å². The highest BCUT2D eigenvalue weighted by molar-refractivity contribution is 5.67. The van der Waals surface area contributed by atoms with E-state index in [1.54, 1.807) is 13.8 Å². The summed E-state index contributed by atoms with van der Waals surface area (Å²) in [6.45, 7) is 16.1. The van der Waals surface area contributed by atoms with Gasteiger partial charge in [0.2, 0.25) is 0 Å². The minimum absolute atomic E-state index is 0.0638. The molecular weight excluding hydrogens is 796 g/mol. The van der Waals surface area contributed by atoms with Crippen LogP contribution in [0.25, 0.3) is 0 Å². The Labute approximate surface area is 358 Å². The van der Waals surface area contributed by atoms with Crippen LogP contribution in [0.4, 0.5) is 0 Å². The summed E-state index contributed by atoms with van der Waals surface area (Å²) in [5, 5.41) is 77.1. The molecule has 12 unspecified atom stereocenters. The number of hydrogen-bond acceptors (Lipinski definition) is 16. The molecule has 0 radical (unpaired) electrons. The maximum absolute atomic E-state index is 12.4. The summed E-state index contributed by atoms with van der Waals surface area (Å²) < 4.78 is 43.6. The van der Waals surface area contributed by atoms with Gasteiger partial charge in [-0.25, -0.2) is 0 Å². The minimum Gasteiger partial charge on any atom is -0.455 e. The maximum atomic E-state index is 12.4. The quantitative estimate of drug-likeness (QED) is 0.129. The predicted molar refractivity (Wildman–Crippen MR) is 213 cm³/mol. The fraction of sp³-hybridized carbons (Fsp3) is 0.956. The van der Waals surface area contributed by atoms with Gasteiger partial charge >= 0.3 is 11.9 Å². The summed E-state index contributed by atoms with van der Waals surface area (Å²) >= 11 is 0. The lowest BCUT2D eigenvalue weighted by Crippen LogP contribution is -2.65. The molecule has 3 saturated heterocycles. The second kappa shape index (κ2) is 15.3. The Bertz CT molecular complexity index is 1680. The average Bonchev–Trinajstić information content (AvgIpc) is 3.52. The number of carbonyl (C=O) groups excluding carboxylic acids is 2. The zero-order valence-electron chi connectivity index (χ0n) is 37.3. The van der Waals surface area contributed by atoms with E-state index in [1.165, 1.54) is 13.8 Å². The number of aliphatic hydroxyl groups excluding tert-OH is 6. The topological polar surface area (TPSA) is 240 Å². The van der Waals surface area contributed by atoms with Crippen LogP contribution in [-0.2, 0) is 42.7 Å². The van der Waals surface area contributed by atoms with Crippen molar-refractivity contribution in [3.8, 4) is 0 Å². The normalized spacial score (nSPS) is 53.8. The molecule has 21 atom stereocenters. The van der Waals surface area contributed by atoms with Crippen LogP contribution in [0.15, 0.2) is 0 Å². The SMILES string of the molecule is CC(=O)OC1C(O)CO[C@@H](O[C@H]2CC[C@]34C[C@]35CC[C@]3(C)C(C6(C)CC[C@@H](C(C)(C)O)O6)[C@H](O)C[C@@]3(C)C5C[C@H](OC3OC(CO)C(O)C(O)C3O)C4C2(C)C)C1OC(C)=O. The molecule has 61 heavy (non-hydrogen) atoms. The number of esters is 2. The van der Waals surface area contributed by atoms with Crippen molar-refractivity contribution < 1.29 is 78.5 Å².